The highest BCUT2D eigenvalue weighted by atomic mass is 16.5. The fraction of sp³-hybridized carbons (Fsp3) is 0.731. The average Bonchev–Trinajstić information content (AvgIpc) is 2.99. The Bertz CT molecular complexity index is 752. The van der Waals surface area contributed by atoms with E-state index in [1.165, 1.54) is 44.1 Å². The van der Waals surface area contributed by atoms with Gasteiger partial charge in [-0.2, -0.15) is 0 Å². The molecule has 0 N–H and O–H groups in total. The minimum Gasteiger partial charge on any atom is -0.490 e. The molecule has 0 radical (unpaired) electrons. The van der Waals surface area contributed by atoms with Crippen molar-refractivity contribution >= 4 is 5.78 Å². The molecule has 4 aliphatic carbocycles. The highest BCUT2D eigenvalue weighted by molar-refractivity contribution is 5.87. The molecule has 0 aromatic heterocycles. The molecule has 0 aliphatic heterocycles. The molecule has 7 atom stereocenters. The third-order valence-corrected chi connectivity index (χ3v) is 9.65. The highest BCUT2D eigenvalue weighted by Gasteiger charge is 2.60. The van der Waals surface area contributed by atoms with Crippen LogP contribution in [-0.2, 0) is 4.79 Å². The number of aryl methyl sites for hydroxylation is 1. The van der Waals surface area contributed by atoms with Gasteiger partial charge in [0.15, 0.2) is 0 Å². The number of Topliss-reactive ketones (excluding diaryl/α,β-unsaturated/α-hetero) is 1. The number of hydrogen-bond donors (Lipinski definition) is 0. The summed E-state index contributed by atoms with van der Waals surface area (Å²) in [4.78, 5) is 12.6. The molecule has 0 spiro atoms. The lowest BCUT2D eigenvalue weighted by Crippen LogP contribution is -2.54. The smallest absolute Gasteiger partial charge is 0.139 e. The van der Waals surface area contributed by atoms with Gasteiger partial charge in [0.05, 0.1) is 6.10 Å². The van der Waals surface area contributed by atoms with Gasteiger partial charge in [-0.25, -0.2) is 0 Å². The molecule has 4 saturated carbocycles. The Morgan fingerprint density at radius 3 is 2.50 bits per heavy atom. The predicted octanol–water partition coefficient (Wildman–Crippen LogP) is 6.35. The zero-order valence-corrected chi connectivity index (χ0v) is 17.9. The first-order chi connectivity index (χ1) is 13.4. The monoisotopic (exact) mass is 380 g/mol. The van der Waals surface area contributed by atoms with Crippen molar-refractivity contribution in [1.29, 1.82) is 0 Å². The van der Waals surface area contributed by atoms with Crippen LogP contribution in [0.15, 0.2) is 24.3 Å². The molecule has 2 heteroatoms. The standard InChI is InChI=1S/C26H36O2/c1-17-4-7-19(8-5-17)28-20-12-14-25(2)18(16-20)6-9-21-22-10-11-24(27)26(22,3)15-13-23(21)25/h4-5,7-8,18,20-23H,6,9-16H2,1-3H3/t18-,20?,21-,22-,23-,25-,26-/m0/s1. The normalized spacial score (nSPS) is 45.1. The van der Waals surface area contributed by atoms with Crippen LogP contribution in [0.25, 0.3) is 0 Å². The zero-order valence-electron chi connectivity index (χ0n) is 17.9. The second kappa shape index (κ2) is 6.61. The number of carbonyl (C=O) groups is 1. The molecule has 0 saturated heterocycles. The van der Waals surface area contributed by atoms with Gasteiger partial charge in [-0.05, 0) is 99.5 Å². The van der Waals surface area contributed by atoms with Crippen molar-refractivity contribution in [3.63, 3.8) is 0 Å². The van der Waals surface area contributed by atoms with Crippen LogP contribution in [0.2, 0.25) is 0 Å². The molecular weight excluding hydrogens is 344 g/mol. The Labute approximate surface area is 170 Å². The Morgan fingerprint density at radius 1 is 0.929 bits per heavy atom. The van der Waals surface area contributed by atoms with Crippen molar-refractivity contribution in [2.45, 2.75) is 84.7 Å². The molecule has 1 aromatic carbocycles. The van der Waals surface area contributed by atoms with Crippen LogP contribution >= 0.6 is 0 Å². The molecule has 1 aromatic rings. The number of fused-ring (bicyclic) bond motifs is 5. The summed E-state index contributed by atoms with van der Waals surface area (Å²) >= 11 is 0. The molecule has 4 fully saturated rings. The molecule has 28 heavy (non-hydrogen) atoms. The van der Waals surface area contributed by atoms with Crippen molar-refractivity contribution < 1.29 is 9.53 Å². The second-order valence-electron chi connectivity index (χ2n) is 10.9. The van der Waals surface area contributed by atoms with Crippen LogP contribution in [0.5, 0.6) is 5.75 Å². The van der Waals surface area contributed by atoms with Crippen molar-refractivity contribution in [2.24, 2.45) is 34.5 Å². The van der Waals surface area contributed by atoms with E-state index in [2.05, 4.69) is 45.0 Å². The minimum absolute atomic E-state index is 0.0100. The minimum atomic E-state index is 0.0100. The van der Waals surface area contributed by atoms with E-state index < -0.39 is 0 Å². The van der Waals surface area contributed by atoms with Crippen LogP contribution in [0, 0.1) is 41.4 Å². The summed E-state index contributed by atoms with van der Waals surface area (Å²) in [5.74, 6) is 4.68. The molecule has 0 bridgehead atoms. The SMILES string of the molecule is Cc1ccc(OC2CC[C@@]3(C)[C@@H](CC[C@@H]4[C@@H]3CC[C@]3(C)C(=O)CC[C@@H]43)C2)cc1. The third kappa shape index (κ3) is 2.77. The number of rotatable bonds is 2. The van der Waals surface area contributed by atoms with Crippen molar-refractivity contribution in [2.75, 3.05) is 0 Å². The fourth-order valence-electron chi connectivity index (χ4n) is 7.91. The Hall–Kier alpha value is -1.31. The number of benzene rings is 1. The van der Waals surface area contributed by atoms with E-state index in [9.17, 15) is 4.79 Å². The predicted molar refractivity (Wildman–Crippen MR) is 112 cm³/mol. The van der Waals surface area contributed by atoms with E-state index in [0.29, 0.717) is 23.2 Å². The lowest BCUT2D eigenvalue weighted by atomic mass is 9.45. The summed E-state index contributed by atoms with van der Waals surface area (Å²) < 4.78 is 6.40. The van der Waals surface area contributed by atoms with Gasteiger partial charge in [0.1, 0.15) is 11.5 Å². The van der Waals surface area contributed by atoms with Crippen molar-refractivity contribution in [1.82, 2.24) is 0 Å². The van der Waals surface area contributed by atoms with Crippen molar-refractivity contribution in [3.8, 4) is 5.75 Å². The largest absolute Gasteiger partial charge is 0.490 e. The summed E-state index contributed by atoms with van der Waals surface area (Å²) in [6.45, 7) is 7.02. The van der Waals surface area contributed by atoms with Crippen molar-refractivity contribution in [3.05, 3.63) is 29.8 Å². The quantitative estimate of drug-likeness (QED) is 0.597. The van der Waals surface area contributed by atoms with Gasteiger partial charge in [-0.1, -0.05) is 31.5 Å². The molecule has 0 heterocycles. The number of hydrogen-bond acceptors (Lipinski definition) is 2. The third-order valence-electron chi connectivity index (χ3n) is 9.65. The van der Waals surface area contributed by atoms with Crippen LogP contribution in [0.1, 0.15) is 77.2 Å². The molecule has 1 unspecified atom stereocenters. The molecule has 152 valence electrons. The lowest BCUT2D eigenvalue weighted by Gasteiger charge is -2.60. The lowest BCUT2D eigenvalue weighted by molar-refractivity contribution is -0.141. The first-order valence-electron chi connectivity index (χ1n) is 11.7. The van der Waals surface area contributed by atoms with E-state index in [0.717, 1.165) is 42.8 Å². The van der Waals surface area contributed by atoms with E-state index >= 15 is 0 Å². The number of ether oxygens (including phenoxy) is 1. The van der Waals surface area contributed by atoms with Gasteiger partial charge in [0, 0.05) is 11.8 Å². The maximum absolute atomic E-state index is 12.6. The average molecular weight is 381 g/mol. The van der Waals surface area contributed by atoms with Crippen LogP contribution in [0.3, 0.4) is 0 Å². The van der Waals surface area contributed by atoms with Gasteiger partial charge >= 0.3 is 0 Å². The van der Waals surface area contributed by atoms with E-state index in [1.807, 2.05) is 0 Å². The van der Waals surface area contributed by atoms with Crippen LogP contribution in [-0.4, -0.2) is 11.9 Å². The van der Waals surface area contributed by atoms with Gasteiger partial charge < -0.3 is 4.74 Å². The molecule has 4 aliphatic rings. The number of carbonyl (C=O) groups excluding carboxylic acids is 1. The highest BCUT2D eigenvalue weighted by Crippen LogP contribution is 2.65. The van der Waals surface area contributed by atoms with Gasteiger partial charge in [0.25, 0.3) is 0 Å². The van der Waals surface area contributed by atoms with Crippen LogP contribution in [0.4, 0.5) is 0 Å². The van der Waals surface area contributed by atoms with E-state index in [-0.39, 0.29) is 5.41 Å². The van der Waals surface area contributed by atoms with E-state index in [4.69, 9.17) is 4.74 Å². The van der Waals surface area contributed by atoms with Gasteiger partial charge in [-0.15, -0.1) is 0 Å². The summed E-state index contributed by atoms with van der Waals surface area (Å²) in [5.41, 5.74) is 1.76. The summed E-state index contributed by atoms with van der Waals surface area (Å²) in [7, 11) is 0. The molecule has 2 nitrogen and oxygen atoms in total. The zero-order chi connectivity index (χ0) is 19.5. The molecular formula is C26H36O2. The first kappa shape index (κ1) is 18.7. The Balaban J connectivity index is 1.31. The summed E-state index contributed by atoms with van der Waals surface area (Å²) in [6.07, 6.45) is 11.2. The molecule has 0 amide bonds. The number of ketones is 1. The molecule has 5 rings (SSSR count). The maximum Gasteiger partial charge on any atom is 0.139 e. The first-order valence-corrected chi connectivity index (χ1v) is 11.7. The summed E-state index contributed by atoms with van der Waals surface area (Å²) in [5, 5.41) is 0. The van der Waals surface area contributed by atoms with Gasteiger partial charge in [-0.3, -0.25) is 4.79 Å². The van der Waals surface area contributed by atoms with E-state index in [1.54, 1.807) is 0 Å². The second-order valence-corrected chi connectivity index (χ2v) is 10.9. The Kier molecular flexibility index (Phi) is 4.41. The topological polar surface area (TPSA) is 26.3 Å². The maximum atomic E-state index is 12.6. The van der Waals surface area contributed by atoms with Crippen LogP contribution < -0.4 is 4.74 Å². The Morgan fingerprint density at radius 2 is 1.71 bits per heavy atom. The summed E-state index contributed by atoms with van der Waals surface area (Å²) in [6, 6.07) is 8.54. The fourth-order valence-corrected chi connectivity index (χ4v) is 7.91. The van der Waals surface area contributed by atoms with Gasteiger partial charge in [0.2, 0.25) is 0 Å².